The van der Waals surface area contributed by atoms with Crippen molar-refractivity contribution in [3.05, 3.63) is 46.2 Å². The van der Waals surface area contributed by atoms with Gasteiger partial charge in [-0.25, -0.2) is 9.97 Å². The van der Waals surface area contributed by atoms with E-state index in [1.54, 1.807) is 0 Å². The van der Waals surface area contributed by atoms with E-state index in [4.69, 9.17) is 11.6 Å². The Balaban J connectivity index is 2.23. The van der Waals surface area contributed by atoms with Crippen LogP contribution in [0.15, 0.2) is 24.3 Å². The van der Waals surface area contributed by atoms with Gasteiger partial charge < -0.3 is 10.6 Å². The number of nitrogens with zero attached hydrogens (tertiary/aromatic N) is 2. The van der Waals surface area contributed by atoms with Crippen LogP contribution in [0.4, 0.5) is 11.6 Å². The molecule has 0 aliphatic carbocycles. The van der Waals surface area contributed by atoms with Crippen LogP contribution in [0.5, 0.6) is 0 Å². The minimum absolute atomic E-state index is 0.643. The summed E-state index contributed by atoms with van der Waals surface area (Å²) >= 11 is 6.16. The number of benzene rings is 1. The Hall–Kier alpha value is -1.81. The SMILES string of the molecule is CCc1nc(NC)c(C)c(NCc2ccccc2Cl)n1. The van der Waals surface area contributed by atoms with Crippen LogP contribution >= 0.6 is 11.6 Å². The third kappa shape index (κ3) is 3.20. The first kappa shape index (κ1) is 14.6. The summed E-state index contributed by atoms with van der Waals surface area (Å²) in [7, 11) is 1.87. The van der Waals surface area contributed by atoms with Gasteiger partial charge >= 0.3 is 0 Å². The van der Waals surface area contributed by atoms with E-state index < -0.39 is 0 Å². The Morgan fingerprint density at radius 3 is 2.50 bits per heavy atom. The molecule has 106 valence electrons. The zero-order valence-corrected chi connectivity index (χ0v) is 12.8. The van der Waals surface area contributed by atoms with Gasteiger partial charge in [-0.2, -0.15) is 0 Å². The largest absolute Gasteiger partial charge is 0.373 e. The van der Waals surface area contributed by atoms with Crippen LogP contribution in [0.1, 0.15) is 23.9 Å². The van der Waals surface area contributed by atoms with Crippen molar-refractivity contribution in [3.8, 4) is 0 Å². The average molecular weight is 291 g/mol. The van der Waals surface area contributed by atoms with Gasteiger partial charge in [0.15, 0.2) is 0 Å². The van der Waals surface area contributed by atoms with E-state index in [1.807, 2.05) is 45.2 Å². The summed E-state index contributed by atoms with van der Waals surface area (Å²) in [6.07, 6.45) is 0.801. The number of halogens is 1. The van der Waals surface area contributed by atoms with Crippen LogP contribution in [-0.4, -0.2) is 17.0 Å². The fourth-order valence-corrected chi connectivity index (χ4v) is 2.16. The highest BCUT2D eigenvalue weighted by Gasteiger charge is 2.09. The molecule has 1 heterocycles. The number of nitrogens with one attached hydrogen (secondary N) is 2. The van der Waals surface area contributed by atoms with E-state index in [-0.39, 0.29) is 0 Å². The molecule has 0 aliphatic rings. The van der Waals surface area contributed by atoms with Gasteiger partial charge in [-0.3, -0.25) is 0 Å². The first-order chi connectivity index (χ1) is 9.65. The molecule has 2 N–H and O–H groups in total. The van der Waals surface area contributed by atoms with Crippen LogP contribution in [0.25, 0.3) is 0 Å². The lowest BCUT2D eigenvalue weighted by Crippen LogP contribution is -2.09. The molecule has 0 radical (unpaired) electrons. The minimum Gasteiger partial charge on any atom is -0.373 e. The topological polar surface area (TPSA) is 49.8 Å². The van der Waals surface area contributed by atoms with Crippen LogP contribution < -0.4 is 10.6 Å². The summed E-state index contributed by atoms with van der Waals surface area (Å²) < 4.78 is 0. The Bertz CT molecular complexity index is 598. The monoisotopic (exact) mass is 290 g/mol. The molecular formula is C15H19ClN4. The lowest BCUT2D eigenvalue weighted by molar-refractivity contribution is 0.924. The molecule has 5 heteroatoms. The Morgan fingerprint density at radius 1 is 1.15 bits per heavy atom. The zero-order valence-electron chi connectivity index (χ0n) is 12.0. The van der Waals surface area contributed by atoms with Crippen molar-refractivity contribution in [3.63, 3.8) is 0 Å². The molecule has 20 heavy (non-hydrogen) atoms. The highest BCUT2D eigenvalue weighted by atomic mass is 35.5. The molecule has 0 bridgehead atoms. The van der Waals surface area contributed by atoms with Crippen LogP contribution in [0.3, 0.4) is 0 Å². The quantitative estimate of drug-likeness (QED) is 0.882. The summed E-state index contributed by atoms with van der Waals surface area (Å²) in [4.78, 5) is 8.99. The van der Waals surface area contributed by atoms with Crippen molar-refractivity contribution >= 4 is 23.2 Å². The fraction of sp³-hybridized carbons (Fsp3) is 0.333. The minimum atomic E-state index is 0.643. The number of aromatic nitrogens is 2. The molecule has 0 spiro atoms. The number of anilines is 2. The molecule has 4 nitrogen and oxygen atoms in total. The molecule has 0 fully saturated rings. The van der Waals surface area contributed by atoms with Gasteiger partial charge in [-0.1, -0.05) is 36.7 Å². The van der Waals surface area contributed by atoms with E-state index in [0.29, 0.717) is 6.54 Å². The Labute approximate surface area is 124 Å². The summed E-state index contributed by atoms with van der Waals surface area (Å²) in [5.41, 5.74) is 2.06. The van der Waals surface area contributed by atoms with Crippen molar-refractivity contribution in [1.29, 1.82) is 0 Å². The maximum Gasteiger partial charge on any atom is 0.135 e. The first-order valence-corrected chi connectivity index (χ1v) is 7.06. The lowest BCUT2D eigenvalue weighted by Gasteiger charge is -2.13. The third-order valence-corrected chi connectivity index (χ3v) is 3.52. The van der Waals surface area contributed by atoms with Gasteiger partial charge in [-0.05, 0) is 18.6 Å². The highest BCUT2D eigenvalue weighted by molar-refractivity contribution is 6.31. The highest BCUT2D eigenvalue weighted by Crippen LogP contribution is 2.22. The van der Waals surface area contributed by atoms with Gasteiger partial charge in [0.2, 0.25) is 0 Å². The van der Waals surface area contributed by atoms with E-state index in [0.717, 1.165) is 40.0 Å². The standard InChI is InChI=1S/C15H19ClN4/c1-4-13-19-14(17-3)10(2)15(20-13)18-9-11-7-5-6-8-12(11)16/h5-8H,4,9H2,1-3H3,(H2,17,18,19,20). The van der Waals surface area contributed by atoms with Gasteiger partial charge in [0.1, 0.15) is 17.5 Å². The smallest absolute Gasteiger partial charge is 0.135 e. The van der Waals surface area contributed by atoms with E-state index in [2.05, 4.69) is 20.6 Å². The Kier molecular flexibility index (Phi) is 4.79. The molecule has 0 aliphatic heterocycles. The maximum absolute atomic E-state index is 6.16. The normalized spacial score (nSPS) is 10.4. The molecule has 0 saturated carbocycles. The molecule has 1 aromatic heterocycles. The molecule has 0 amide bonds. The second-order valence-corrected chi connectivity index (χ2v) is 4.92. The van der Waals surface area contributed by atoms with E-state index in [1.165, 1.54) is 0 Å². The number of aryl methyl sites for hydroxylation is 1. The zero-order chi connectivity index (χ0) is 14.5. The molecule has 2 aromatic rings. The van der Waals surface area contributed by atoms with Gasteiger partial charge in [0.05, 0.1) is 0 Å². The average Bonchev–Trinajstić information content (AvgIpc) is 2.47. The molecular weight excluding hydrogens is 272 g/mol. The van der Waals surface area contributed by atoms with Crippen molar-refractivity contribution in [1.82, 2.24) is 9.97 Å². The van der Waals surface area contributed by atoms with Crippen molar-refractivity contribution in [2.75, 3.05) is 17.7 Å². The van der Waals surface area contributed by atoms with Gasteiger partial charge in [0.25, 0.3) is 0 Å². The predicted molar refractivity (Wildman–Crippen MR) is 84.5 cm³/mol. The number of hydrogen-bond acceptors (Lipinski definition) is 4. The fourth-order valence-electron chi connectivity index (χ4n) is 1.96. The predicted octanol–water partition coefficient (Wildman–Crippen LogP) is 3.65. The van der Waals surface area contributed by atoms with E-state index >= 15 is 0 Å². The molecule has 0 saturated heterocycles. The maximum atomic E-state index is 6.16. The van der Waals surface area contributed by atoms with Crippen LogP contribution in [-0.2, 0) is 13.0 Å². The molecule has 1 aromatic carbocycles. The molecule has 0 atom stereocenters. The second-order valence-electron chi connectivity index (χ2n) is 4.51. The summed E-state index contributed by atoms with van der Waals surface area (Å²) in [6.45, 7) is 4.69. The summed E-state index contributed by atoms with van der Waals surface area (Å²) in [6, 6.07) is 7.80. The van der Waals surface area contributed by atoms with Crippen molar-refractivity contribution in [2.24, 2.45) is 0 Å². The number of hydrogen-bond donors (Lipinski definition) is 2. The molecule has 2 rings (SSSR count). The molecule has 0 unspecified atom stereocenters. The van der Waals surface area contributed by atoms with Crippen LogP contribution in [0.2, 0.25) is 5.02 Å². The third-order valence-electron chi connectivity index (χ3n) is 3.15. The summed E-state index contributed by atoms with van der Waals surface area (Å²) in [5.74, 6) is 2.53. The lowest BCUT2D eigenvalue weighted by atomic mass is 10.2. The van der Waals surface area contributed by atoms with E-state index in [9.17, 15) is 0 Å². The first-order valence-electron chi connectivity index (χ1n) is 6.68. The number of rotatable bonds is 5. The van der Waals surface area contributed by atoms with Gasteiger partial charge in [-0.15, -0.1) is 0 Å². The van der Waals surface area contributed by atoms with Crippen molar-refractivity contribution < 1.29 is 0 Å². The van der Waals surface area contributed by atoms with Gasteiger partial charge in [0, 0.05) is 30.6 Å². The van der Waals surface area contributed by atoms with Crippen molar-refractivity contribution in [2.45, 2.75) is 26.8 Å². The van der Waals surface area contributed by atoms with Crippen LogP contribution in [0, 0.1) is 6.92 Å². The second kappa shape index (κ2) is 6.57. The summed E-state index contributed by atoms with van der Waals surface area (Å²) in [5, 5.41) is 7.21. The Morgan fingerprint density at radius 2 is 1.85 bits per heavy atom.